The Kier molecular flexibility index (Phi) is 4.43. The Bertz CT molecular complexity index is 255. The van der Waals surface area contributed by atoms with Crippen LogP contribution in [0.25, 0.3) is 0 Å². The molecule has 0 heterocycles. The van der Waals surface area contributed by atoms with Crippen LogP contribution >= 0.6 is 0 Å². The van der Waals surface area contributed by atoms with Gasteiger partial charge in [-0.1, -0.05) is 13.3 Å². The lowest BCUT2D eigenvalue weighted by molar-refractivity contribution is -0.131. The van der Waals surface area contributed by atoms with E-state index in [0.717, 1.165) is 5.92 Å². The lowest BCUT2D eigenvalue weighted by atomic mass is 9.84. The van der Waals surface area contributed by atoms with Crippen LogP contribution in [-0.2, 0) is 4.79 Å². The van der Waals surface area contributed by atoms with Gasteiger partial charge in [0.25, 0.3) is 0 Å². The average molecular weight is 238 g/mol. The minimum absolute atomic E-state index is 0.275. The molecule has 2 aliphatic carbocycles. The first-order chi connectivity index (χ1) is 8.20. The first-order valence-electron chi connectivity index (χ1n) is 7.19. The molecule has 0 aromatic rings. The Morgan fingerprint density at radius 3 is 2.35 bits per heavy atom. The number of nitrogens with zero attached hydrogens (tertiary/aromatic N) is 1. The minimum atomic E-state index is 0.275. The molecule has 1 N–H and O–H groups in total. The molecule has 0 unspecified atom stereocenters. The molecule has 0 aliphatic heterocycles. The highest BCUT2D eigenvalue weighted by Gasteiger charge is 2.27. The summed E-state index contributed by atoms with van der Waals surface area (Å²) in [5.74, 6) is 1.18. The Morgan fingerprint density at radius 1 is 1.18 bits per heavy atom. The molecule has 2 rings (SSSR count). The second kappa shape index (κ2) is 5.85. The molecule has 3 heteroatoms. The van der Waals surface area contributed by atoms with Crippen LogP contribution in [0.3, 0.4) is 0 Å². The van der Waals surface area contributed by atoms with E-state index in [2.05, 4.69) is 12.2 Å². The van der Waals surface area contributed by atoms with E-state index in [4.69, 9.17) is 0 Å². The Balaban J connectivity index is 1.70. The molecule has 2 fully saturated rings. The summed E-state index contributed by atoms with van der Waals surface area (Å²) in [6.45, 7) is 2.81. The summed E-state index contributed by atoms with van der Waals surface area (Å²) in [6, 6.07) is 1.12. The van der Waals surface area contributed by atoms with Crippen LogP contribution in [0.4, 0.5) is 0 Å². The number of nitrogens with one attached hydrogen (secondary N) is 1. The van der Waals surface area contributed by atoms with Gasteiger partial charge >= 0.3 is 0 Å². The summed E-state index contributed by atoms with van der Waals surface area (Å²) >= 11 is 0. The van der Waals surface area contributed by atoms with Crippen LogP contribution in [0.1, 0.15) is 51.9 Å². The first kappa shape index (κ1) is 12.9. The Labute approximate surface area is 105 Å². The summed E-state index contributed by atoms with van der Waals surface area (Å²) in [6.07, 6.45) is 8.79. The van der Waals surface area contributed by atoms with Gasteiger partial charge in [-0.15, -0.1) is 0 Å². The second-order valence-corrected chi connectivity index (χ2v) is 5.74. The van der Waals surface area contributed by atoms with Crippen molar-refractivity contribution in [3.8, 4) is 0 Å². The summed E-state index contributed by atoms with van der Waals surface area (Å²) in [5.41, 5.74) is 0. The number of rotatable bonds is 5. The van der Waals surface area contributed by atoms with Crippen LogP contribution in [-0.4, -0.2) is 36.5 Å². The maximum absolute atomic E-state index is 12.0. The number of likely N-dealkylation sites (N-methyl/N-ethyl adjacent to an activating group) is 1. The zero-order valence-corrected chi connectivity index (χ0v) is 11.2. The number of hydrogen-bond acceptors (Lipinski definition) is 2. The van der Waals surface area contributed by atoms with Crippen molar-refractivity contribution in [2.75, 3.05) is 13.6 Å². The summed E-state index contributed by atoms with van der Waals surface area (Å²) in [7, 11) is 1.98. The smallest absolute Gasteiger partial charge is 0.236 e. The SMILES string of the molecule is CCC1CCC(N(C)C(=O)CNC2CC2)CC1. The summed E-state index contributed by atoms with van der Waals surface area (Å²) in [4.78, 5) is 14.0. The molecule has 3 nitrogen and oxygen atoms in total. The predicted octanol–water partition coefficient (Wildman–Crippen LogP) is 2.17. The monoisotopic (exact) mass is 238 g/mol. The third-order valence-corrected chi connectivity index (χ3v) is 4.45. The van der Waals surface area contributed by atoms with Gasteiger partial charge in [-0.05, 0) is 44.4 Å². The third kappa shape index (κ3) is 3.70. The summed E-state index contributed by atoms with van der Waals surface area (Å²) < 4.78 is 0. The number of carbonyl (C=O) groups excluding carboxylic acids is 1. The van der Waals surface area contributed by atoms with Gasteiger partial charge in [-0.25, -0.2) is 0 Å². The van der Waals surface area contributed by atoms with E-state index in [0.29, 0.717) is 18.6 Å². The van der Waals surface area contributed by atoms with Crippen molar-refractivity contribution in [2.24, 2.45) is 5.92 Å². The fourth-order valence-electron chi connectivity index (χ4n) is 2.79. The fourth-order valence-corrected chi connectivity index (χ4v) is 2.79. The molecule has 1 amide bonds. The molecule has 0 bridgehead atoms. The molecule has 0 radical (unpaired) electrons. The van der Waals surface area contributed by atoms with Gasteiger partial charge < -0.3 is 10.2 Å². The van der Waals surface area contributed by atoms with E-state index < -0.39 is 0 Å². The topological polar surface area (TPSA) is 32.3 Å². The highest BCUT2D eigenvalue weighted by molar-refractivity contribution is 5.78. The van der Waals surface area contributed by atoms with Crippen molar-refractivity contribution < 1.29 is 4.79 Å². The molecule has 2 saturated carbocycles. The van der Waals surface area contributed by atoms with E-state index in [9.17, 15) is 4.79 Å². The van der Waals surface area contributed by atoms with Crippen LogP contribution in [0.15, 0.2) is 0 Å². The predicted molar refractivity (Wildman–Crippen MR) is 69.8 cm³/mol. The van der Waals surface area contributed by atoms with Gasteiger partial charge in [0.2, 0.25) is 5.91 Å². The molecule has 17 heavy (non-hydrogen) atoms. The summed E-state index contributed by atoms with van der Waals surface area (Å²) in [5, 5.41) is 3.31. The molecular formula is C14H26N2O. The van der Waals surface area contributed by atoms with Gasteiger partial charge in [0.1, 0.15) is 0 Å². The van der Waals surface area contributed by atoms with Crippen LogP contribution in [0.5, 0.6) is 0 Å². The van der Waals surface area contributed by atoms with E-state index in [1.807, 2.05) is 11.9 Å². The van der Waals surface area contributed by atoms with E-state index in [1.165, 1.54) is 44.9 Å². The molecule has 0 spiro atoms. The van der Waals surface area contributed by atoms with Crippen molar-refractivity contribution in [3.05, 3.63) is 0 Å². The number of amides is 1. The zero-order chi connectivity index (χ0) is 12.3. The lowest BCUT2D eigenvalue weighted by Gasteiger charge is -2.34. The van der Waals surface area contributed by atoms with Gasteiger partial charge in [0.05, 0.1) is 6.54 Å². The molecular weight excluding hydrogens is 212 g/mol. The highest BCUT2D eigenvalue weighted by atomic mass is 16.2. The van der Waals surface area contributed by atoms with Gasteiger partial charge in [0.15, 0.2) is 0 Å². The molecule has 2 aliphatic rings. The van der Waals surface area contributed by atoms with Gasteiger partial charge in [-0.2, -0.15) is 0 Å². The van der Waals surface area contributed by atoms with Crippen LogP contribution < -0.4 is 5.32 Å². The highest BCUT2D eigenvalue weighted by Crippen LogP contribution is 2.29. The second-order valence-electron chi connectivity index (χ2n) is 5.74. The molecule has 0 atom stereocenters. The van der Waals surface area contributed by atoms with Crippen molar-refractivity contribution in [2.45, 2.75) is 64.0 Å². The normalized spacial score (nSPS) is 29.1. The van der Waals surface area contributed by atoms with Gasteiger partial charge in [0, 0.05) is 19.1 Å². The molecule has 98 valence electrons. The van der Waals surface area contributed by atoms with Crippen LogP contribution in [0.2, 0.25) is 0 Å². The van der Waals surface area contributed by atoms with Crippen molar-refractivity contribution in [1.82, 2.24) is 10.2 Å². The number of hydrogen-bond donors (Lipinski definition) is 1. The van der Waals surface area contributed by atoms with Crippen molar-refractivity contribution in [1.29, 1.82) is 0 Å². The maximum atomic E-state index is 12.0. The Hall–Kier alpha value is -0.570. The minimum Gasteiger partial charge on any atom is -0.342 e. The largest absolute Gasteiger partial charge is 0.342 e. The molecule has 0 aromatic heterocycles. The van der Waals surface area contributed by atoms with Crippen molar-refractivity contribution >= 4 is 5.91 Å². The Morgan fingerprint density at radius 2 is 1.82 bits per heavy atom. The van der Waals surface area contributed by atoms with Crippen LogP contribution in [0, 0.1) is 5.92 Å². The van der Waals surface area contributed by atoms with Crippen molar-refractivity contribution in [3.63, 3.8) is 0 Å². The molecule has 0 saturated heterocycles. The average Bonchev–Trinajstić information content (AvgIpc) is 3.19. The quantitative estimate of drug-likeness (QED) is 0.796. The van der Waals surface area contributed by atoms with E-state index in [1.54, 1.807) is 0 Å². The fraction of sp³-hybridized carbons (Fsp3) is 0.929. The van der Waals surface area contributed by atoms with Gasteiger partial charge in [-0.3, -0.25) is 4.79 Å². The first-order valence-corrected chi connectivity index (χ1v) is 7.19. The molecule has 0 aromatic carbocycles. The lowest BCUT2D eigenvalue weighted by Crippen LogP contribution is -2.43. The maximum Gasteiger partial charge on any atom is 0.236 e. The van der Waals surface area contributed by atoms with E-state index >= 15 is 0 Å². The standard InChI is InChI=1S/C14H26N2O/c1-3-11-4-8-13(9-5-11)16(2)14(17)10-15-12-6-7-12/h11-13,15H,3-10H2,1-2H3. The van der Waals surface area contributed by atoms with E-state index in [-0.39, 0.29) is 5.91 Å². The zero-order valence-electron chi connectivity index (χ0n) is 11.2. The third-order valence-electron chi connectivity index (χ3n) is 4.45. The number of carbonyl (C=O) groups is 1.